The van der Waals surface area contributed by atoms with Gasteiger partial charge < -0.3 is 14.9 Å². The number of hydrogen-bond donors (Lipinski definition) is 0. The second kappa shape index (κ2) is 8.72. The van der Waals surface area contributed by atoms with Gasteiger partial charge in [0.05, 0.1) is 13.2 Å². The van der Waals surface area contributed by atoms with Crippen LogP contribution in [0.3, 0.4) is 0 Å². The highest BCUT2D eigenvalue weighted by Crippen LogP contribution is 2.14. The van der Waals surface area contributed by atoms with Crippen molar-refractivity contribution in [2.75, 3.05) is 13.2 Å². The maximum Gasteiger partial charge on any atom is 0.348 e. The van der Waals surface area contributed by atoms with Crippen LogP contribution in [0.15, 0.2) is 29.8 Å². The van der Waals surface area contributed by atoms with Gasteiger partial charge in [-0.05, 0) is 37.6 Å². The van der Waals surface area contributed by atoms with E-state index >= 15 is 0 Å². The highest BCUT2D eigenvalue weighted by molar-refractivity contribution is 5.97. The smallest absolute Gasteiger partial charge is 0.348 e. The quantitative estimate of drug-likeness (QED) is 0.459. The van der Waals surface area contributed by atoms with Crippen molar-refractivity contribution < 1.29 is 19.7 Å². The molecule has 0 aliphatic rings. The van der Waals surface area contributed by atoms with Gasteiger partial charge in [-0.3, -0.25) is 0 Å². The average molecular weight is 263 g/mol. The predicted molar refractivity (Wildman–Crippen MR) is 71.4 cm³/mol. The monoisotopic (exact) mass is 263 g/mol. The lowest BCUT2D eigenvalue weighted by Gasteiger charge is -2.03. The molecule has 0 bridgehead atoms. The SMILES string of the molecule is CCOC(=O)/C(C#N)=C\c1ccc(OCC)cc1.O. The Labute approximate surface area is 112 Å². The van der Waals surface area contributed by atoms with Gasteiger partial charge in [-0.2, -0.15) is 5.26 Å². The number of esters is 1. The fourth-order valence-corrected chi connectivity index (χ4v) is 1.34. The lowest BCUT2D eigenvalue weighted by Crippen LogP contribution is -2.05. The summed E-state index contributed by atoms with van der Waals surface area (Å²) in [6.07, 6.45) is 1.49. The van der Waals surface area contributed by atoms with E-state index in [0.717, 1.165) is 11.3 Å². The number of rotatable bonds is 5. The van der Waals surface area contributed by atoms with Crippen molar-refractivity contribution in [2.24, 2.45) is 0 Å². The molecule has 1 rings (SSSR count). The van der Waals surface area contributed by atoms with Crippen LogP contribution in [-0.4, -0.2) is 24.7 Å². The first-order valence-electron chi connectivity index (χ1n) is 5.73. The Morgan fingerprint density at radius 2 is 1.89 bits per heavy atom. The molecule has 0 saturated heterocycles. The second-order valence-electron chi connectivity index (χ2n) is 3.39. The topological polar surface area (TPSA) is 90.8 Å². The lowest BCUT2D eigenvalue weighted by atomic mass is 10.1. The van der Waals surface area contributed by atoms with Crippen LogP contribution in [0.5, 0.6) is 5.75 Å². The third kappa shape index (κ3) is 5.23. The molecular formula is C14H17NO4. The zero-order chi connectivity index (χ0) is 13.4. The van der Waals surface area contributed by atoms with Crippen molar-refractivity contribution >= 4 is 12.0 Å². The molecule has 0 unspecified atom stereocenters. The highest BCUT2D eigenvalue weighted by atomic mass is 16.5. The minimum Gasteiger partial charge on any atom is -0.494 e. The van der Waals surface area contributed by atoms with E-state index in [4.69, 9.17) is 14.7 Å². The molecule has 0 aliphatic carbocycles. The largest absolute Gasteiger partial charge is 0.494 e. The Morgan fingerprint density at radius 1 is 1.26 bits per heavy atom. The molecule has 1 aromatic rings. The molecule has 0 aliphatic heterocycles. The number of benzene rings is 1. The van der Waals surface area contributed by atoms with Crippen molar-refractivity contribution in [3.05, 3.63) is 35.4 Å². The zero-order valence-electron chi connectivity index (χ0n) is 11.0. The van der Waals surface area contributed by atoms with Crippen LogP contribution in [0, 0.1) is 11.3 Å². The molecule has 0 amide bonds. The summed E-state index contributed by atoms with van der Waals surface area (Å²) >= 11 is 0. The standard InChI is InChI=1S/C14H15NO3.H2O/c1-3-17-13-7-5-11(6-8-13)9-12(10-15)14(16)18-4-2;/h5-9H,3-4H2,1-2H3;1H2/b12-9-;. The minimum absolute atomic E-state index is 0. The summed E-state index contributed by atoms with van der Waals surface area (Å²) in [4.78, 5) is 11.4. The fourth-order valence-electron chi connectivity index (χ4n) is 1.34. The molecule has 102 valence electrons. The number of nitriles is 1. The van der Waals surface area contributed by atoms with Gasteiger partial charge in [0.1, 0.15) is 17.4 Å². The van der Waals surface area contributed by atoms with Gasteiger partial charge in [-0.15, -0.1) is 0 Å². The predicted octanol–water partition coefficient (Wildman–Crippen LogP) is 1.73. The van der Waals surface area contributed by atoms with E-state index in [1.807, 2.05) is 13.0 Å². The number of carbonyl (C=O) groups excluding carboxylic acids is 1. The molecule has 0 atom stereocenters. The van der Waals surface area contributed by atoms with Gasteiger partial charge in [-0.25, -0.2) is 4.79 Å². The third-order valence-corrected chi connectivity index (χ3v) is 2.12. The summed E-state index contributed by atoms with van der Waals surface area (Å²) in [6.45, 7) is 4.45. The normalized spacial score (nSPS) is 10.1. The minimum atomic E-state index is -0.603. The number of ether oxygens (including phenoxy) is 2. The second-order valence-corrected chi connectivity index (χ2v) is 3.39. The third-order valence-electron chi connectivity index (χ3n) is 2.12. The Morgan fingerprint density at radius 3 is 2.37 bits per heavy atom. The first kappa shape index (κ1) is 16.7. The van der Waals surface area contributed by atoms with Gasteiger partial charge in [0.25, 0.3) is 0 Å². The van der Waals surface area contributed by atoms with Crippen LogP contribution in [0.25, 0.3) is 6.08 Å². The van der Waals surface area contributed by atoms with Crippen LogP contribution < -0.4 is 4.74 Å². The van der Waals surface area contributed by atoms with E-state index < -0.39 is 5.97 Å². The summed E-state index contributed by atoms with van der Waals surface area (Å²) in [5, 5.41) is 8.88. The first-order chi connectivity index (χ1) is 8.71. The zero-order valence-corrected chi connectivity index (χ0v) is 11.0. The van der Waals surface area contributed by atoms with Crippen molar-refractivity contribution in [3.63, 3.8) is 0 Å². The molecule has 0 heterocycles. The van der Waals surface area contributed by atoms with E-state index in [2.05, 4.69) is 0 Å². The summed E-state index contributed by atoms with van der Waals surface area (Å²) in [6, 6.07) is 8.96. The Bertz CT molecular complexity index is 471. The van der Waals surface area contributed by atoms with Crippen molar-refractivity contribution in [1.82, 2.24) is 0 Å². The molecule has 1 aromatic carbocycles. The lowest BCUT2D eigenvalue weighted by molar-refractivity contribution is -0.137. The summed E-state index contributed by atoms with van der Waals surface area (Å²) in [5.74, 6) is 0.151. The molecule has 19 heavy (non-hydrogen) atoms. The van der Waals surface area contributed by atoms with Crippen LogP contribution in [-0.2, 0) is 9.53 Å². The molecule has 0 saturated carbocycles. The van der Waals surface area contributed by atoms with Crippen LogP contribution in [0.1, 0.15) is 19.4 Å². The van der Waals surface area contributed by atoms with Gasteiger partial charge in [-0.1, -0.05) is 12.1 Å². The van der Waals surface area contributed by atoms with E-state index in [9.17, 15) is 4.79 Å². The van der Waals surface area contributed by atoms with Crippen molar-refractivity contribution in [3.8, 4) is 11.8 Å². The highest BCUT2D eigenvalue weighted by Gasteiger charge is 2.09. The van der Waals surface area contributed by atoms with Crippen LogP contribution >= 0.6 is 0 Å². The van der Waals surface area contributed by atoms with Gasteiger partial charge in [0.15, 0.2) is 0 Å². The Hall–Kier alpha value is -2.32. The van der Waals surface area contributed by atoms with Crippen LogP contribution in [0.4, 0.5) is 0 Å². The van der Waals surface area contributed by atoms with E-state index in [1.165, 1.54) is 6.08 Å². The maximum absolute atomic E-state index is 11.4. The molecule has 5 nitrogen and oxygen atoms in total. The first-order valence-corrected chi connectivity index (χ1v) is 5.73. The van der Waals surface area contributed by atoms with Crippen molar-refractivity contribution in [2.45, 2.75) is 13.8 Å². The molecule has 0 aromatic heterocycles. The summed E-state index contributed by atoms with van der Waals surface area (Å²) in [5.41, 5.74) is 0.740. The number of carbonyl (C=O) groups is 1. The van der Waals surface area contributed by atoms with E-state index in [-0.39, 0.29) is 17.7 Å². The Balaban J connectivity index is 0.00000324. The maximum atomic E-state index is 11.4. The van der Waals surface area contributed by atoms with Crippen molar-refractivity contribution in [1.29, 1.82) is 5.26 Å². The van der Waals surface area contributed by atoms with E-state index in [0.29, 0.717) is 6.61 Å². The van der Waals surface area contributed by atoms with Gasteiger partial charge in [0.2, 0.25) is 0 Å². The van der Waals surface area contributed by atoms with Crippen LogP contribution in [0.2, 0.25) is 0 Å². The molecule has 0 spiro atoms. The summed E-state index contributed by atoms with van der Waals surface area (Å²) < 4.78 is 10.1. The van der Waals surface area contributed by atoms with Gasteiger partial charge >= 0.3 is 5.97 Å². The molecule has 0 fully saturated rings. The van der Waals surface area contributed by atoms with Gasteiger partial charge in [0, 0.05) is 0 Å². The number of hydrogen-bond acceptors (Lipinski definition) is 4. The molecule has 2 N–H and O–H groups in total. The summed E-state index contributed by atoms with van der Waals surface area (Å²) in [7, 11) is 0. The molecule has 0 radical (unpaired) electrons. The average Bonchev–Trinajstić information content (AvgIpc) is 2.38. The van der Waals surface area contributed by atoms with E-state index in [1.54, 1.807) is 31.2 Å². The molecule has 5 heteroatoms. The number of nitrogens with zero attached hydrogens (tertiary/aromatic N) is 1. The molecular weight excluding hydrogens is 246 g/mol. The Kier molecular flexibility index (Phi) is 7.66. The fraction of sp³-hybridized carbons (Fsp3) is 0.286.